The molecule has 1 aliphatic rings. The van der Waals surface area contributed by atoms with E-state index in [4.69, 9.17) is 31.5 Å². The lowest BCUT2D eigenvalue weighted by Gasteiger charge is -2.15. The quantitative estimate of drug-likeness (QED) is 0.483. The third-order valence-electron chi connectivity index (χ3n) is 4.02. The third-order valence-corrected chi connectivity index (χ3v) is 5.32. The number of ether oxygens (including phenoxy) is 3. The van der Waals surface area contributed by atoms with E-state index in [9.17, 15) is 9.59 Å². The van der Waals surface area contributed by atoms with Gasteiger partial charge in [0, 0.05) is 6.07 Å². The molecule has 2 aromatic rings. The summed E-state index contributed by atoms with van der Waals surface area (Å²) in [5.41, 5.74) is 1.33. The average Bonchev–Trinajstić information content (AvgIpc) is 3.00. The van der Waals surface area contributed by atoms with Gasteiger partial charge in [-0.1, -0.05) is 36.1 Å². The van der Waals surface area contributed by atoms with Crippen LogP contribution in [0.2, 0.25) is 0 Å². The normalized spacial score (nSPS) is 14.9. The van der Waals surface area contributed by atoms with Crippen molar-refractivity contribution in [1.29, 1.82) is 0 Å². The number of aliphatic carboxylic acids is 1. The molecule has 0 saturated carbocycles. The van der Waals surface area contributed by atoms with Gasteiger partial charge in [0.2, 0.25) is 0 Å². The van der Waals surface area contributed by atoms with Crippen LogP contribution in [0.1, 0.15) is 12.5 Å². The Hall–Kier alpha value is -3.04. The zero-order valence-corrected chi connectivity index (χ0v) is 17.9. The molecule has 1 fully saturated rings. The van der Waals surface area contributed by atoms with E-state index in [0.29, 0.717) is 44.3 Å². The highest BCUT2D eigenvalue weighted by Crippen LogP contribution is 2.38. The molecule has 9 heteroatoms. The number of anilines is 1. The Labute approximate surface area is 183 Å². The highest BCUT2D eigenvalue weighted by atomic mass is 32.2. The summed E-state index contributed by atoms with van der Waals surface area (Å²) in [6, 6.07) is 12.1. The van der Waals surface area contributed by atoms with Crippen LogP contribution in [0.5, 0.6) is 17.2 Å². The van der Waals surface area contributed by atoms with E-state index < -0.39 is 12.6 Å². The molecule has 2 aromatic carbocycles. The van der Waals surface area contributed by atoms with Gasteiger partial charge in [-0.3, -0.25) is 9.69 Å². The van der Waals surface area contributed by atoms with E-state index >= 15 is 0 Å². The number of methoxy groups -OCH3 is 1. The van der Waals surface area contributed by atoms with Crippen molar-refractivity contribution in [3.8, 4) is 17.2 Å². The summed E-state index contributed by atoms with van der Waals surface area (Å²) in [7, 11) is 1.56. The zero-order chi connectivity index (χ0) is 21.7. The number of thioether (sulfide) groups is 1. The van der Waals surface area contributed by atoms with E-state index in [1.807, 2.05) is 6.92 Å². The fourth-order valence-corrected chi connectivity index (χ4v) is 4.03. The summed E-state index contributed by atoms with van der Waals surface area (Å²) in [6.07, 6.45) is 1.71. The molecule has 1 saturated heterocycles. The summed E-state index contributed by atoms with van der Waals surface area (Å²) in [4.78, 5) is 25.6. The van der Waals surface area contributed by atoms with Gasteiger partial charge in [-0.25, -0.2) is 4.79 Å². The number of carboxylic acid groups (broad SMARTS) is 1. The average molecular weight is 446 g/mol. The largest absolute Gasteiger partial charge is 0.497 e. The number of benzene rings is 2. The van der Waals surface area contributed by atoms with Crippen LogP contribution >= 0.6 is 24.0 Å². The van der Waals surface area contributed by atoms with E-state index in [1.165, 1.54) is 16.7 Å². The number of carboxylic acids is 1. The Morgan fingerprint density at radius 1 is 1.20 bits per heavy atom. The predicted molar refractivity (Wildman–Crippen MR) is 119 cm³/mol. The highest BCUT2D eigenvalue weighted by molar-refractivity contribution is 8.27. The van der Waals surface area contributed by atoms with Gasteiger partial charge in [-0.15, -0.1) is 0 Å². The Morgan fingerprint density at radius 3 is 2.70 bits per heavy atom. The number of carbonyl (C=O) groups is 2. The monoisotopic (exact) mass is 445 g/mol. The maximum Gasteiger partial charge on any atom is 0.341 e. The molecule has 3 rings (SSSR count). The molecule has 1 heterocycles. The second-order valence-electron chi connectivity index (χ2n) is 6.04. The minimum Gasteiger partial charge on any atom is -0.497 e. The molecule has 0 aliphatic carbocycles. The number of thiocarbonyl (C=S) groups is 1. The lowest BCUT2D eigenvalue weighted by molar-refractivity contribution is -0.139. The predicted octanol–water partition coefficient (Wildman–Crippen LogP) is 3.96. The molecule has 1 aliphatic heterocycles. The first-order valence-electron chi connectivity index (χ1n) is 8.96. The molecule has 0 unspecified atom stereocenters. The summed E-state index contributed by atoms with van der Waals surface area (Å²) in [5, 5.41) is 8.81. The Morgan fingerprint density at radius 2 is 2.00 bits per heavy atom. The zero-order valence-electron chi connectivity index (χ0n) is 16.3. The van der Waals surface area contributed by atoms with Crippen molar-refractivity contribution in [2.24, 2.45) is 0 Å². The maximum atomic E-state index is 13.0. The summed E-state index contributed by atoms with van der Waals surface area (Å²) < 4.78 is 16.4. The van der Waals surface area contributed by atoms with E-state index in [0.717, 1.165) is 0 Å². The van der Waals surface area contributed by atoms with Crippen molar-refractivity contribution in [2.75, 3.05) is 25.2 Å². The van der Waals surface area contributed by atoms with Crippen molar-refractivity contribution in [3.05, 3.63) is 52.9 Å². The van der Waals surface area contributed by atoms with Gasteiger partial charge in [-0.05, 0) is 42.8 Å². The molecular weight excluding hydrogens is 426 g/mol. The second-order valence-corrected chi connectivity index (χ2v) is 7.72. The molecule has 0 radical (unpaired) electrons. The molecule has 7 nitrogen and oxygen atoms in total. The molecular formula is C21H19NO6S2. The van der Waals surface area contributed by atoms with Crippen LogP contribution in [-0.4, -0.2) is 41.6 Å². The molecule has 0 bridgehead atoms. The minimum absolute atomic E-state index is 0.234. The Bertz CT molecular complexity index is 1020. The standard InChI is InChI=1S/C21H19NO6S2/c1-3-27-17-9-13(7-8-16(17)28-12-19(23)24)10-18-20(25)22(21(29)30-18)14-5-4-6-15(11-14)26-2/h4-11H,3,12H2,1-2H3,(H,23,24)/b18-10+. The van der Waals surface area contributed by atoms with Gasteiger partial charge in [0.1, 0.15) is 5.75 Å². The molecule has 0 aromatic heterocycles. The smallest absolute Gasteiger partial charge is 0.341 e. The van der Waals surface area contributed by atoms with Gasteiger partial charge < -0.3 is 19.3 Å². The number of rotatable bonds is 8. The first-order chi connectivity index (χ1) is 14.4. The second kappa shape index (κ2) is 9.64. The van der Waals surface area contributed by atoms with Crippen molar-refractivity contribution in [2.45, 2.75) is 6.92 Å². The van der Waals surface area contributed by atoms with Gasteiger partial charge in [-0.2, -0.15) is 0 Å². The summed E-state index contributed by atoms with van der Waals surface area (Å²) >= 11 is 6.61. The lowest BCUT2D eigenvalue weighted by Crippen LogP contribution is -2.27. The van der Waals surface area contributed by atoms with Gasteiger partial charge in [0.25, 0.3) is 5.91 Å². The van der Waals surface area contributed by atoms with E-state index in [1.54, 1.807) is 55.7 Å². The SMILES string of the molecule is CCOc1cc(/C=C2/SC(=S)N(c3cccc(OC)c3)C2=O)ccc1OCC(=O)O. The van der Waals surface area contributed by atoms with Gasteiger partial charge in [0.15, 0.2) is 22.4 Å². The number of hydrogen-bond acceptors (Lipinski definition) is 7. The van der Waals surface area contributed by atoms with Crippen LogP contribution in [0.15, 0.2) is 47.4 Å². The van der Waals surface area contributed by atoms with Crippen LogP contribution in [0.3, 0.4) is 0 Å². The van der Waals surface area contributed by atoms with Crippen LogP contribution in [0.4, 0.5) is 5.69 Å². The fourth-order valence-electron chi connectivity index (χ4n) is 2.73. The highest BCUT2D eigenvalue weighted by Gasteiger charge is 2.33. The fraction of sp³-hybridized carbons (Fsp3) is 0.190. The maximum absolute atomic E-state index is 13.0. The number of amides is 1. The third kappa shape index (κ3) is 4.92. The number of hydrogen-bond donors (Lipinski definition) is 1. The minimum atomic E-state index is -1.08. The van der Waals surface area contributed by atoms with Crippen molar-refractivity contribution >= 4 is 51.9 Å². The number of nitrogens with zero attached hydrogens (tertiary/aromatic N) is 1. The first kappa shape index (κ1) is 21.7. The summed E-state index contributed by atoms with van der Waals surface area (Å²) in [5.74, 6) is 0.0325. The van der Waals surface area contributed by atoms with Crippen LogP contribution in [0.25, 0.3) is 6.08 Å². The van der Waals surface area contributed by atoms with Crippen molar-refractivity contribution < 1.29 is 28.9 Å². The van der Waals surface area contributed by atoms with Gasteiger partial charge in [0.05, 0.1) is 24.3 Å². The Balaban J connectivity index is 1.87. The molecule has 1 amide bonds. The summed E-state index contributed by atoms with van der Waals surface area (Å²) in [6.45, 7) is 1.72. The first-order valence-corrected chi connectivity index (χ1v) is 10.2. The molecule has 30 heavy (non-hydrogen) atoms. The van der Waals surface area contributed by atoms with Crippen molar-refractivity contribution in [1.82, 2.24) is 0 Å². The molecule has 156 valence electrons. The topological polar surface area (TPSA) is 85.3 Å². The van der Waals surface area contributed by atoms with Crippen molar-refractivity contribution in [3.63, 3.8) is 0 Å². The van der Waals surface area contributed by atoms with Crippen LogP contribution in [-0.2, 0) is 9.59 Å². The van der Waals surface area contributed by atoms with E-state index in [2.05, 4.69) is 0 Å². The number of carbonyl (C=O) groups excluding carboxylic acids is 1. The Kier molecular flexibility index (Phi) is 6.96. The van der Waals surface area contributed by atoms with Gasteiger partial charge >= 0.3 is 5.97 Å². The van der Waals surface area contributed by atoms with Crippen LogP contribution < -0.4 is 19.1 Å². The van der Waals surface area contributed by atoms with E-state index in [-0.39, 0.29) is 5.91 Å². The molecule has 1 N–H and O–H groups in total. The lowest BCUT2D eigenvalue weighted by atomic mass is 10.1. The van der Waals surface area contributed by atoms with Crippen LogP contribution in [0, 0.1) is 0 Å². The molecule has 0 atom stereocenters. The molecule has 0 spiro atoms.